The summed E-state index contributed by atoms with van der Waals surface area (Å²) in [4.78, 5) is 0. The van der Waals surface area contributed by atoms with Crippen LogP contribution in [0.2, 0.25) is 0 Å². The van der Waals surface area contributed by atoms with Gasteiger partial charge in [-0.25, -0.2) is 0 Å². The van der Waals surface area contributed by atoms with Crippen LogP contribution < -0.4 is 15.1 Å². The smallest absolute Gasteiger partial charge is 0.407 e. The largest absolute Gasteiger partial charge is 0.497 e. The van der Waals surface area contributed by atoms with Crippen LogP contribution >= 0.6 is 0 Å². The van der Waals surface area contributed by atoms with Crippen LogP contribution in [-0.4, -0.2) is 45.7 Å². The molecule has 5 nitrogen and oxygen atoms in total. The van der Waals surface area contributed by atoms with E-state index in [0.29, 0.717) is 19.6 Å². The summed E-state index contributed by atoms with van der Waals surface area (Å²) in [5.41, 5.74) is 1.48. The Morgan fingerprint density at radius 3 is 1.95 bits per heavy atom. The molecule has 1 N–H and O–H groups in total. The standard InChI is InChI=1S/C31H40O5Si/c1-25(23-32)22-28(20-21-34-24-26-16-18-27(33-5)19-17-26)35-37(36-31(2,3)4,29-12-8-6-9-13-29)30-14-10-7-11-15-30/h6-19,22,28,32H,20-21,23-24H2,1-5H3/b25-22+/t28-/m0/s1. The van der Waals surface area contributed by atoms with E-state index >= 15 is 0 Å². The van der Waals surface area contributed by atoms with Crippen molar-refractivity contribution in [2.45, 2.75) is 52.4 Å². The van der Waals surface area contributed by atoms with E-state index in [4.69, 9.17) is 18.3 Å². The van der Waals surface area contributed by atoms with Gasteiger partial charge in [0.25, 0.3) is 0 Å². The third-order valence-electron chi connectivity index (χ3n) is 5.77. The lowest BCUT2D eigenvalue weighted by Crippen LogP contribution is -2.67. The second-order valence-corrected chi connectivity index (χ2v) is 12.9. The van der Waals surface area contributed by atoms with E-state index in [-0.39, 0.29) is 12.7 Å². The summed E-state index contributed by atoms with van der Waals surface area (Å²) in [7, 11) is -1.50. The molecular weight excluding hydrogens is 480 g/mol. The second kappa shape index (κ2) is 13.7. The predicted octanol–water partition coefficient (Wildman–Crippen LogP) is 5.00. The highest BCUT2D eigenvalue weighted by molar-refractivity contribution is 6.92. The summed E-state index contributed by atoms with van der Waals surface area (Å²) in [5.74, 6) is 0.823. The van der Waals surface area contributed by atoms with Crippen LogP contribution in [0.4, 0.5) is 0 Å². The molecule has 0 aliphatic heterocycles. The van der Waals surface area contributed by atoms with E-state index in [1.807, 2.05) is 73.7 Å². The molecule has 3 aromatic rings. The maximum Gasteiger partial charge on any atom is 0.407 e. The van der Waals surface area contributed by atoms with Gasteiger partial charge >= 0.3 is 8.56 Å². The van der Waals surface area contributed by atoms with Crippen molar-refractivity contribution in [3.05, 3.63) is 102 Å². The van der Waals surface area contributed by atoms with E-state index in [1.54, 1.807) is 7.11 Å². The number of aliphatic hydroxyl groups excluding tert-OH is 1. The Kier molecular flexibility index (Phi) is 10.7. The lowest BCUT2D eigenvalue weighted by Gasteiger charge is -2.39. The van der Waals surface area contributed by atoms with Gasteiger partial charge in [-0.3, -0.25) is 0 Å². The third kappa shape index (κ3) is 8.66. The Labute approximate surface area is 222 Å². The zero-order chi connectivity index (χ0) is 26.7. The minimum atomic E-state index is -3.16. The molecule has 0 aliphatic carbocycles. The van der Waals surface area contributed by atoms with Gasteiger partial charge in [-0.2, -0.15) is 0 Å². The van der Waals surface area contributed by atoms with E-state index < -0.39 is 14.2 Å². The molecule has 3 aromatic carbocycles. The van der Waals surface area contributed by atoms with Gasteiger partial charge in [-0.1, -0.05) is 78.9 Å². The molecule has 0 heterocycles. The number of hydrogen-bond acceptors (Lipinski definition) is 5. The molecular formula is C31H40O5Si. The fraction of sp³-hybridized carbons (Fsp3) is 0.355. The Hall–Kier alpha value is -2.74. The van der Waals surface area contributed by atoms with Crippen molar-refractivity contribution in [3.8, 4) is 5.75 Å². The Balaban J connectivity index is 1.89. The van der Waals surface area contributed by atoms with Crippen LogP contribution in [0.25, 0.3) is 0 Å². The predicted molar refractivity (Wildman–Crippen MR) is 152 cm³/mol. The number of aliphatic hydroxyl groups is 1. The summed E-state index contributed by atoms with van der Waals surface area (Å²) >= 11 is 0. The van der Waals surface area contributed by atoms with Gasteiger partial charge in [0, 0.05) is 6.61 Å². The average Bonchev–Trinajstić information content (AvgIpc) is 2.91. The first-order chi connectivity index (χ1) is 17.8. The van der Waals surface area contributed by atoms with Crippen molar-refractivity contribution in [3.63, 3.8) is 0 Å². The Bertz CT molecular complexity index is 1050. The minimum Gasteiger partial charge on any atom is -0.497 e. The van der Waals surface area contributed by atoms with Crippen molar-refractivity contribution in [1.82, 2.24) is 0 Å². The van der Waals surface area contributed by atoms with Gasteiger partial charge in [-0.15, -0.1) is 0 Å². The van der Waals surface area contributed by atoms with Crippen LogP contribution in [0, 0.1) is 0 Å². The number of methoxy groups -OCH3 is 1. The van der Waals surface area contributed by atoms with Crippen LogP contribution in [0.1, 0.15) is 39.7 Å². The highest BCUT2D eigenvalue weighted by atomic mass is 28.4. The molecule has 0 aromatic heterocycles. The number of rotatable bonds is 13. The molecule has 37 heavy (non-hydrogen) atoms. The first kappa shape index (κ1) is 28.8. The first-order valence-electron chi connectivity index (χ1n) is 12.7. The van der Waals surface area contributed by atoms with Crippen LogP contribution in [0.3, 0.4) is 0 Å². The Morgan fingerprint density at radius 2 is 1.46 bits per heavy atom. The van der Waals surface area contributed by atoms with Gasteiger partial charge < -0.3 is 23.4 Å². The molecule has 0 saturated heterocycles. The van der Waals surface area contributed by atoms with Crippen molar-refractivity contribution in [1.29, 1.82) is 0 Å². The molecule has 0 saturated carbocycles. The van der Waals surface area contributed by atoms with Gasteiger partial charge in [0.05, 0.1) is 32.0 Å². The maximum atomic E-state index is 9.78. The normalized spacial score (nSPS) is 13.4. The number of ether oxygens (including phenoxy) is 2. The molecule has 0 amide bonds. The quantitative estimate of drug-likeness (QED) is 0.195. The molecule has 0 aliphatic rings. The zero-order valence-electron chi connectivity index (χ0n) is 22.6. The van der Waals surface area contributed by atoms with Crippen LogP contribution in [-0.2, 0) is 20.2 Å². The van der Waals surface area contributed by atoms with E-state index in [9.17, 15) is 5.11 Å². The van der Waals surface area contributed by atoms with Crippen molar-refractivity contribution in [2.75, 3.05) is 20.3 Å². The third-order valence-corrected chi connectivity index (χ3v) is 9.49. The van der Waals surface area contributed by atoms with Crippen LogP contribution in [0.15, 0.2) is 96.6 Å². The molecule has 0 radical (unpaired) electrons. The summed E-state index contributed by atoms with van der Waals surface area (Å²) in [5, 5.41) is 11.9. The summed E-state index contributed by atoms with van der Waals surface area (Å²) < 4.78 is 25.3. The van der Waals surface area contributed by atoms with Gasteiger partial charge in [0.15, 0.2) is 0 Å². The fourth-order valence-electron chi connectivity index (χ4n) is 4.06. The minimum absolute atomic E-state index is 0.0298. The van der Waals surface area contributed by atoms with Crippen molar-refractivity contribution < 1.29 is 23.4 Å². The average molecular weight is 521 g/mol. The number of benzene rings is 3. The van der Waals surface area contributed by atoms with Gasteiger partial charge in [-0.05, 0) is 67.8 Å². The number of hydrogen-bond donors (Lipinski definition) is 1. The molecule has 0 bridgehead atoms. The highest BCUT2D eigenvalue weighted by Crippen LogP contribution is 2.23. The molecule has 6 heteroatoms. The Morgan fingerprint density at radius 1 is 0.892 bits per heavy atom. The van der Waals surface area contributed by atoms with E-state index in [1.165, 1.54) is 0 Å². The van der Waals surface area contributed by atoms with Gasteiger partial charge in [0.2, 0.25) is 0 Å². The summed E-state index contributed by atoms with van der Waals surface area (Å²) in [6, 6.07) is 28.3. The van der Waals surface area contributed by atoms with Gasteiger partial charge in [0.1, 0.15) is 5.75 Å². The second-order valence-electron chi connectivity index (χ2n) is 10.1. The highest BCUT2D eigenvalue weighted by Gasteiger charge is 2.47. The van der Waals surface area contributed by atoms with Crippen LogP contribution in [0.5, 0.6) is 5.75 Å². The SMILES string of the molecule is COc1ccc(COCC[C@@H](/C=C(\C)CO)O[Si](OC(C)(C)C)(c2ccccc2)c2ccccc2)cc1. The summed E-state index contributed by atoms with van der Waals surface area (Å²) in [6.45, 7) is 9.06. The monoisotopic (exact) mass is 520 g/mol. The molecule has 3 rings (SSSR count). The van der Waals surface area contributed by atoms with E-state index in [0.717, 1.165) is 27.3 Å². The van der Waals surface area contributed by atoms with Crippen molar-refractivity contribution >= 4 is 18.9 Å². The lowest BCUT2D eigenvalue weighted by molar-refractivity contribution is 0.0492. The lowest BCUT2D eigenvalue weighted by atomic mass is 10.2. The molecule has 198 valence electrons. The maximum absolute atomic E-state index is 9.78. The topological polar surface area (TPSA) is 57.2 Å². The molecule has 0 spiro atoms. The summed E-state index contributed by atoms with van der Waals surface area (Å²) in [6.07, 6.45) is 2.31. The first-order valence-corrected chi connectivity index (χ1v) is 14.6. The molecule has 0 unspecified atom stereocenters. The molecule has 1 atom stereocenters. The fourth-order valence-corrected chi connectivity index (χ4v) is 7.69. The van der Waals surface area contributed by atoms with Crippen molar-refractivity contribution in [2.24, 2.45) is 0 Å². The van der Waals surface area contributed by atoms with E-state index in [2.05, 4.69) is 45.0 Å². The molecule has 0 fully saturated rings. The zero-order valence-corrected chi connectivity index (χ0v) is 23.6.